The SMILES string of the molecule is Cc1ccccc1CC(=O)Nc1ccccc1S(=O)(=O)C(F)F. The zero-order valence-corrected chi connectivity index (χ0v) is 13.1. The summed E-state index contributed by atoms with van der Waals surface area (Å²) in [5, 5.41) is 2.40. The lowest BCUT2D eigenvalue weighted by Crippen LogP contribution is -2.19. The lowest BCUT2D eigenvalue weighted by atomic mass is 10.1. The number of sulfone groups is 1. The van der Waals surface area contributed by atoms with E-state index in [1.807, 2.05) is 19.1 Å². The molecule has 0 atom stereocenters. The molecule has 0 bridgehead atoms. The molecule has 2 aromatic rings. The summed E-state index contributed by atoms with van der Waals surface area (Å²) in [5.74, 6) is -4.02. The van der Waals surface area contributed by atoms with Crippen molar-refractivity contribution < 1.29 is 22.0 Å². The number of carbonyl (C=O) groups excluding carboxylic acids is 1. The molecule has 122 valence electrons. The number of carbonyl (C=O) groups is 1. The molecule has 0 aliphatic rings. The number of benzene rings is 2. The fourth-order valence-electron chi connectivity index (χ4n) is 2.09. The molecule has 0 heterocycles. The van der Waals surface area contributed by atoms with E-state index in [9.17, 15) is 22.0 Å². The van der Waals surface area contributed by atoms with Gasteiger partial charge in [0, 0.05) is 0 Å². The Hall–Kier alpha value is -2.28. The number of hydrogen-bond acceptors (Lipinski definition) is 3. The van der Waals surface area contributed by atoms with Crippen molar-refractivity contribution in [3.05, 3.63) is 59.7 Å². The second kappa shape index (κ2) is 6.87. The molecule has 0 saturated carbocycles. The van der Waals surface area contributed by atoms with E-state index >= 15 is 0 Å². The van der Waals surface area contributed by atoms with Crippen LogP contribution >= 0.6 is 0 Å². The first-order valence-corrected chi connectivity index (χ1v) is 8.32. The maximum atomic E-state index is 12.7. The molecule has 2 aromatic carbocycles. The van der Waals surface area contributed by atoms with Crippen LogP contribution in [-0.2, 0) is 21.1 Å². The Morgan fingerprint density at radius 2 is 1.70 bits per heavy atom. The molecule has 0 unspecified atom stereocenters. The second-order valence-corrected chi connectivity index (χ2v) is 6.84. The number of para-hydroxylation sites is 1. The smallest absolute Gasteiger partial charge is 0.325 e. The van der Waals surface area contributed by atoms with Gasteiger partial charge in [-0.1, -0.05) is 36.4 Å². The molecule has 0 spiro atoms. The van der Waals surface area contributed by atoms with Crippen molar-refractivity contribution in [2.75, 3.05) is 5.32 Å². The number of anilines is 1. The van der Waals surface area contributed by atoms with Gasteiger partial charge in [0.1, 0.15) is 0 Å². The number of hydrogen-bond donors (Lipinski definition) is 1. The van der Waals surface area contributed by atoms with Gasteiger partial charge in [0.25, 0.3) is 0 Å². The average Bonchev–Trinajstić information content (AvgIpc) is 2.50. The highest BCUT2D eigenvalue weighted by Gasteiger charge is 2.29. The van der Waals surface area contributed by atoms with Crippen LogP contribution in [0.5, 0.6) is 0 Å². The molecule has 2 rings (SSSR count). The van der Waals surface area contributed by atoms with Gasteiger partial charge < -0.3 is 5.32 Å². The van der Waals surface area contributed by atoms with Gasteiger partial charge in [-0.25, -0.2) is 8.42 Å². The Bertz CT molecular complexity index is 820. The molecule has 1 amide bonds. The van der Waals surface area contributed by atoms with E-state index in [0.29, 0.717) is 0 Å². The quantitative estimate of drug-likeness (QED) is 0.910. The topological polar surface area (TPSA) is 63.2 Å². The normalized spacial score (nSPS) is 11.5. The molecule has 7 heteroatoms. The summed E-state index contributed by atoms with van der Waals surface area (Å²) >= 11 is 0. The van der Waals surface area contributed by atoms with Crippen LogP contribution in [-0.4, -0.2) is 20.1 Å². The van der Waals surface area contributed by atoms with Crippen molar-refractivity contribution in [1.82, 2.24) is 0 Å². The highest BCUT2D eigenvalue weighted by atomic mass is 32.2. The molecule has 0 aliphatic carbocycles. The van der Waals surface area contributed by atoms with Crippen molar-refractivity contribution in [2.45, 2.75) is 24.0 Å². The standard InChI is InChI=1S/C16H15F2NO3S/c1-11-6-2-3-7-12(11)10-15(20)19-13-8-4-5-9-14(13)23(21,22)16(17)18/h2-9,16H,10H2,1H3,(H,19,20). The van der Waals surface area contributed by atoms with Crippen LogP contribution in [0.2, 0.25) is 0 Å². The van der Waals surface area contributed by atoms with Gasteiger partial charge in [-0.3, -0.25) is 4.79 Å². The van der Waals surface area contributed by atoms with E-state index in [0.717, 1.165) is 17.2 Å². The molecule has 4 nitrogen and oxygen atoms in total. The van der Waals surface area contributed by atoms with Crippen molar-refractivity contribution in [3.63, 3.8) is 0 Å². The molecule has 0 aromatic heterocycles. The summed E-state index contributed by atoms with van der Waals surface area (Å²) in [6.07, 6.45) is 0.0235. The average molecular weight is 339 g/mol. The van der Waals surface area contributed by atoms with E-state index in [-0.39, 0.29) is 12.1 Å². The van der Waals surface area contributed by atoms with Crippen molar-refractivity contribution >= 4 is 21.4 Å². The Kier molecular flexibility index (Phi) is 5.10. The minimum atomic E-state index is -4.78. The molecule has 1 N–H and O–H groups in total. The summed E-state index contributed by atoms with van der Waals surface area (Å²) in [6.45, 7) is 1.85. The summed E-state index contributed by atoms with van der Waals surface area (Å²) in [7, 11) is -4.78. The molecule has 0 saturated heterocycles. The van der Waals surface area contributed by atoms with Crippen LogP contribution in [0.4, 0.5) is 14.5 Å². The van der Waals surface area contributed by atoms with Crippen molar-refractivity contribution in [1.29, 1.82) is 0 Å². The van der Waals surface area contributed by atoms with Crippen molar-refractivity contribution in [2.24, 2.45) is 0 Å². The lowest BCUT2D eigenvalue weighted by Gasteiger charge is -2.12. The van der Waals surface area contributed by atoms with Crippen LogP contribution in [0.25, 0.3) is 0 Å². The van der Waals surface area contributed by atoms with E-state index in [2.05, 4.69) is 5.32 Å². The molecule has 23 heavy (non-hydrogen) atoms. The fraction of sp³-hybridized carbons (Fsp3) is 0.188. The Labute approximate surface area is 133 Å². The summed E-state index contributed by atoms with van der Waals surface area (Å²) < 4.78 is 48.7. The first kappa shape index (κ1) is 17.1. The van der Waals surface area contributed by atoms with E-state index in [1.54, 1.807) is 12.1 Å². The van der Waals surface area contributed by atoms with Crippen LogP contribution in [0.1, 0.15) is 11.1 Å². The first-order chi connectivity index (χ1) is 10.8. The third-order valence-electron chi connectivity index (χ3n) is 3.31. The minimum absolute atomic E-state index is 0.0235. The second-order valence-electron chi connectivity index (χ2n) is 4.95. The van der Waals surface area contributed by atoms with Gasteiger partial charge in [0.15, 0.2) is 0 Å². The monoisotopic (exact) mass is 339 g/mol. The maximum absolute atomic E-state index is 12.7. The third-order valence-corrected chi connectivity index (χ3v) is 4.75. The number of rotatable bonds is 5. The zero-order valence-electron chi connectivity index (χ0n) is 12.3. The van der Waals surface area contributed by atoms with Gasteiger partial charge in [-0.05, 0) is 30.2 Å². The molecule has 0 radical (unpaired) electrons. The minimum Gasteiger partial charge on any atom is -0.325 e. The van der Waals surface area contributed by atoms with Crippen molar-refractivity contribution in [3.8, 4) is 0 Å². The van der Waals surface area contributed by atoms with Gasteiger partial charge in [-0.15, -0.1) is 0 Å². The number of alkyl halides is 2. The van der Waals surface area contributed by atoms with Gasteiger partial charge in [0.2, 0.25) is 15.7 Å². The largest absolute Gasteiger partial charge is 0.341 e. The van der Waals surface area contributed by atoms with Crippen LogP contribution < -0.4 is 5.32 Å². The lowest BCUT2D eigenvalue weighted by molar-refractivity contribution is -0.115. The Morgan fingerprint density at radius 3 is 2.35 bits per heavy atom. The fourth-order valence-corrected chi connectivity index (χ4v) is 2.98. The Balaban J connectivity index is 2.24. The van der Waals surface area contributed by atoms with Crippen LogP contribution in [0.3, 0.4) is 0 Å². The molecular weight excluding hydrogens is 324 g/mol. The third kappa shape index (κ3) is 3.92. The molecular formula is C16H15F2NO3S. The Morgan fingerprint density at radius 1 is 1.09 bits per heavy atom. The summed E-state index contributed by atoms with van der Waals surface area (Å²) in [6, 6.07) is 12.4. The predicted molar refractivity (Wildman–Crippen MR) is 83.1 cm³/mol. The molecule has 0 aliphatic heterocycles. The summed E-state index contributed by atoms with van der Waals surface area (Å²) in [5.41, 5.74) is 1.54. The van der Waals surface area contributed by atoms with E-state index < -0.39 is 26.4 Å². The maximum Gasteiger partial charge on any atom is 0.341 e. The van der Waals surface area contributed by atoms with Gasteiger partial charge in [0.05, 0.1) is 17.0 Å². The van der Waals surface area contributed by atoms with Crippen LogP contribution in [0, 0.1) is 6.92 Å². The van der Waals surface area contributed by atoms with Gasteiger partial charge >= 0.3 is 5.76 Å². The number of amides is 1. The zero-order chi connectivity index (χ0) is 17.0. The predicted octanol–water partition coefficient (Wildman–Crippen LogP) is 3.17. The number of nitrogens with one attached hydrogen (secondary N) is 1. The van der Waals surface area contributed by atoms with Gasteiger partial charge in [-0.2, -0.15) is 8.78 Å². The van der Waals surface area contributed by atoms with Crippen LogP contribution in [0.15, 0.2) is 53.4 Å². The first-order valence-electron chi connectivity index (χ1n) is 6.78. The highest BCUT2D eigenvalue weighted by molar-refractivity contribution is 7.91. The van der Waals surface area contributed by atoms with E-state index in [4.69, 9.17) is 0 Å². The highest BCUT2D eigenvalue weighted by Crippen LogP contribution is 2.26. The number of halogens is 2. The number of aryl methyl sites for hydroxylation is 1. The summed E-state index contributed by atoms with van der Waals surface area (Å²) in [4.78, 5) is 11.5. The molecule has 0 fully saturated rings. The van der Waals surface area contributed by atoms with E-state index in [1.165, 1.54) is 18.2 Å².